The largest absolute Gasteiger partial charge is 0.491 e. The molecule has 0 N–H and O–H groups in total. The van der Waals surface area contributed by atoms with Crippen molar-refractivity contribution in [3.05, 3.63) is 28.8 Å². The van der Waals surface area contributed by atoms with Gasteiger partial charge in [-0.05, 0) is 24.8 Å². The molecule has 0 bridgehead atoms. The van der Waals surface area contributed by atoms with E-state index < -0.39 is 17.6 Å². The molecule has 0 aliphatic heterocycles. The van der Waals surface area contributed by atoms with E-state index in [4.69, 9.17) is 0 Å². The van der Waals surface area contributed by atoms with Gasteiger partial charge in [-0.2, -0.15) is 13.2 Å². The van der Waals surface area contributed by atoms with Crippen LogP contribution in [0.4, 0.5) is 13.2 Å². The van der Waals surface area contributed by atoms with Crippen molar-refractivity contribution in [2.45, 2.75) is 46.2 Å². The summed E-state index contributed by atoms with van der Waals surface area (Å²) in [7, 11) is 0. The minimum Gasteiger partial charge on any atom is -0.419 e. The highest BCUT2D eigenvalue weighted by atomic mass is 19.4. The molecular formula is C14H17F3O2. The SMILES string of the molecule is Cc1cc(C)c(OC(=O)C(F)(F)F)c(C(C)(C)C)c1. The van der Waals surface area contributed by atoms with Crippen LogP contribution < -0.4 is 4.74 Å². The first kappa shape index (κ1) is 15.5. The third-order valence-electron chi connectivity index (χ3n) is 2.65. The van der Waals surface area contributed by atoms with Gasteiger partial charge in [0.15, 0.2) is 0 Å². The number of aryl methyl sites for hydroxylation is 2. The van der Waals surface area contributed by atoms with Crippen LogP contribution in [0.25, 0.3) is 0 Å². The molecule has 0 saturated carbocycles. The number of ether oxygens (including phenoxy) is 1. The Balaban J connectivity index is 3.31. The molecule has 0 fully saturated rings. The molecule has 0 radical (unpaired) electrons. The Bertz CT molecular complexity index is 497. The van der Waals surface area contributed by atoms with Gasteiger partial charge in [-0.3, -0.25) is 0 Å². The van der Waals surface area contributed by atoms with Crippen molar-refractivity contribution in [1.82, 2.24) is 0 Å². The van der Waals surface area contributed by atoms with Crippen LogP contribution in [0.1, 0.15) is 37.5 Å². The predicted molar refractivity (Wildman–Crippen MR) is 66.3 cm³/mol. The fraction of sp³-hybridized carbons (Fsp3) is 0.500. The second kappa shape index (κ2) is 4.87. The molecule has 0 heterocycles. The van der Waals surface area contributed by atoms with Crippen molar-refractivity contribution in [3.8, 4) is 5.75 Å². The molecule has 0 aliphatic carbocycles. The third-order valence-corrected chi connectivity index (χ3v) is 2.65. The smallest absolute Gasteiger partial charge is 0.419 e. The highest BCUT2D eigenvalue weighted by Crippen LogP contribution is 2.36. The Morgan fingerprint density at radius 3 is 2.05 bits per heavy atom. The van der Waals surface area contributed by atoms with Gasteiger partial charge in [0.25, 0.3) is 0 Å². The van der Waals surface area contributed by atoms with Gasteiger partial charge >= 0.3 is 12.1 Å². The zero-order valence-corrected chi connectivity index (χ0v) is 11.6. The quantitative estimate of drug-likeness (QED) is 0.570. The number of carbonyl (C=O) groups is 1. The van der Waals surface area contributed by atoms with E-state index >= 15 is 0 Å². The zero-order valence-electron chi connectivity index (χ0n) is 11.6. The fourth-order valence-corrected chi connectivity index (χ4v) is 1.80. The topological polar surface area (TPSA) is 26.3 Å². The van der Waals surface area contributed by atoms with Crippen LogP contribution >= 0.6 is 0 Å². The summed E-state index contributed by atoms with van der Waals surface area (Å²) in [5.41, 5.74) is 1.59. The predicted octanol–water partition coefficient (Wildman–Crippen LogP) is 4.07. The van der Waals surface area contributed by atoms with E-state index in [9.17, 15) is 18.0 Å². The molecule has 0 aromatic heterocycles. The van der Waals surface area contributed by atoms with Crippen molar-refractivity contribution in [1.29, 1.82) is 0 Å². The van der Waals surface area contributed by atoms with Crippen LogP contribution in [0.5, 0.6) is 5.75 Å². The number of rotatable bonds is 1. The second-order valence-electron chi connectivity index (χ2n) is 5.60. The number of esters is 1. The van der Waals surface area contributed by atoms with Crippen LogP contribution in [0.15, 0.2) is 12.1 Å². The maximum atomic E-state index is 12.3. The molecule has 0 atom stereocenters. The minimum absolute atomic E-state index is 0.000394. The van der Waals surface area contributed by atoms with Crippen LogP contribution in [0.2, 0.25) is 0 Å². The zero-order chi connectivity index (χ0) is 15.0. The molecule has 1 aromatic rings. The summed E-state index contributed by atoms with van der Waals surface area (Å²) in [5, 5.41) is 0. The molecule has 0 unspecified atom stereocenters. The van der Waals surface area contributed by atoms with E-state index in [1.54, 1.807) is 19.1 Å². The first-order valence-electron chi connectivity index (χ1n) is 5.83. The normalized spacial score (nSPS) is 12.4. The maximum Gasteiger partial charge on any atom is 0.491 e. The molecule has 106 valence electrons. The molecule has 0 saturated heterocycles. The highest BCUT2D eigenvalue weighted by Gasteiger charge is 2.42. The van der Waals surface area contributed by atoms with Gasteiger partial charge in [0.05, 0.1) is 0 Å². The summed E-state index contributed by atoms with van der Waals surface area (Å²) >= 11 is 0. The van der Waals surface area contributed by atoms with Crippen LogP contribution in [-0.4, -0.2) is 12.1 Å². The van der Waals surface area contributed by atoms with Crippen molar-refractivity contribution in [2.24, 2.45) is 0 Å². The van der Waals surface area contributed by atoms with Gasteiger partial charge < -0.3 is 4.74 Å². The van der Waals surface area contributed by atoms with E-state index in [1.807, 2.05) is 27.7 Å². The number of carbonyl (C=O) groups excluding carboxylic acids is 1. The van der Waals surface area contributed by atoms with E-state index in [2.05, 4.69) is 4.74 Å². The van der Waals surface area contributed by atoms with E-state index in [0.717, 1.165) is 5.56 Å². The summed E-state index contributed by atoms with van der Waals surface area (Å²) in [4.78, 5) is 11.0. The number of benzene rings is 1. The lowest BCUT2D eigenvalue weighted by Crippen LogP contribution is -2.29. The highest BCUT2D eigenvalue weighted by molar-refractivity contribution is 5.79. The Morgan fingerprint density at radius 1 is 1.11 bits per heavy atom. The Kier molecular flexibility index (Phi) is 3.98. The van der Waals surface area contributed by atoms with E-state index in [0.29, 0.717) is 11.1 Å². The minimum atomic E-state index is -4.99. The lowest BCUT2D eigenvalue weighted by Gasteiger charge is -2.24. The Labute approximate surface area is 110 Å². The number of hydrogen-bond donors (Lipinski definition) is 0. The second-order valence-corrected chi connectivity index (χ2v) is 5.60. The van der Waals surface area contributed by atoms with Crippen molar-refractivity contribution in [2.75, 3.05) is 0 Å². The lowest BCUT2D eigenvalue weighted by atomic mass is 9.84. The van der Waals surface area contributed by atoms with Gasteiger partial charge in [-0.1, -0.05) is 38.5 Å². The lowest BCUT2D eigenvalue weighted by molar-refractivity contribution is -0.189. The van der Waals surface area contributed by atoms with E-state index in [1.165, 1.54) is 0 Å². The summed E-state index contributed by atoms with van der Waals surface area (Å²) in [6.45, 7) is 9.03. The van der Waals surface area contributed by atoms with Gasteiger partial charge in [-0.25, -0.2) is 4.79 Å². The molecule has 1 rings (SSSR count). The Hall–Kier alpha value is -1.52. The van der Waals surface area contributed by atoms with Crippen LogP contribution in [0, 0.1) is 13.8 Å². The monoisotopic (exact) mass is 274 g/mol. The maximum absolute atomic E-state index is 12.3. The Morgan fingerprint density at radius 2 is 1.63 bits per heavy atom. The number of halogens is 3. The van der Waals surface area contributed by atoms with Crippen LogP contribution in [-0.2, 0) is 10.2 Å². The fourth-order valence-electron chi connectivity index (χ4n) is 1.80. The molecule has 2 nitrogen and oxygen atoms in total. The molecule has 19 heavy (non-hydrogen) atoms. The molecule has 1 aromatic carbocycles. The summed E-state index contributed by atoms with van der Waals surface area (Å²) < 4.78 is 41.5. The number of alkyl halides is 3. The first-order valence-corrected chi connectivity index (χ1v) is 5.83. The van der Waals surface area contributed by atoms with Crippen molar-refractivity contribution in [3.63, 3.8) is 0 Å². The van der Waals surface area contributed by atoms with Crippen molar-refractivity contribution < 1.29 is 22.7 Å². The molecule has 5 heteroatoms. The summed E-state index contributed by atoms with van der Waals surface area (Å²) in [5.74, 6) is -2.19. The van der Waals surface area contributed by atoms with Gasteiger partial charge in [-0.15, -0.1) is 0 Å². The third kappa shape index (κ3) is 3.72. The van der Waals surface area contributed by atoms with E-state index in [-0.39, 0.29) is 5.75 Å². The van der Waals surface area contributed by atoms with Gasteiger partial charge in [0.2, 0.25) is 0 Å². The molecule has 0 spiro atoms. The average Bonchev–Trinajstić information content (AvgIpc) is 2.18. The molecule has 0 amide bonds. The molecular weight excluding hydrogens is 257 g/mol. The number of hydrogen-bond acceptors (Lipinski definition) is 2. The summed E-state index contributed by atoms with van der Waals surface area (Å²) in [6, 6.07) is 3.43. The first-order chi connectivity index (χ1) is 8.43. The van der Waals surface area contributed by atoms with Gasteiger partial charge in [0.1, 0.15) is 5.75 Å². The van der Waals surface area contributed by atoms with Crippen molar-refractivity contribution >= 4 is 5.97 Å². The average molecular weight is 274 g/mol. The summed E-state index contributed by atoms with van der Waals surface area (Å²) in [6.07, 6.45) is -4.99. The standard InChI is InChI=1S/C14H17F3O2/c1-8-6-9(2)11(10(7-8)13(3,4)5)19-12(18)14(15,16)17/h6-7H,1-5H3. The van der Waals surface area contributed by atoms with Crippen LogP contribution in [0.3, 0.4) is 0 Å². The molecule has 0 aliphatic rings. The van der Waals surface area contributed by atoms with Gasteiger partial charge in [0, 0.05) is 5.56 Å².